The number of alkyl halides is 2. The van der Waals surface area contributed by atoms with Gasteiger partial charge < -0.3 is 10.6 Å². The van der Waals surface area contributed by atoms with E-state index in [1.165, 1.54) is 30.3 Å². The average Bonchev–Trinajstić information content (AvgIpc) is 3.37. The third-order valence-corrected chi connectivity index (χ3v) is 7.11. The van der Waals surface area contributed by atoms with Crippen molar-refractivity contribution in [2.45, 2.75) is 10.3 Å². The zero-order valence-corrected chi connectivity index (χ0v) is 21.2. The zero-order chi connectivity index (χ0) is 25.5. The van der Waals surface area contributed by atoms with E-state index in [2.05, 4.69) is 10.6 Å². The van der Waals surface area contributed by atoms with Gasteiger partial charge >= 0.3 is 0 Å². The molecule has 35 heavy (non-hydrogen) atoms. The lowest BCUT2D eigenvalue weighted by molar-refractivity contribution is -0.117. The van der Waals surface area contributed by atoms with Gasteiger partial charge in [-0.25, -0.2) is 4.39 Å². The number of carbonyl (C=O) groups is 2. The summed E-state index contributed by atoms with van der Waals surface area (Å²) in [5.41, 5.74) is 2.65. The van der Waals surface area contributed by atoms with Gasteiger partial charge in [0, 0.05) is 27.7 Å². The molecule has 3 aromatic carbocycles. The minimum Gasteiger partial charge on any atom is -0.326 e. The highest BCUT2D eigenvalue weighted by atomic mass is 35.5. The standard InChI is InChI=1S/C23H15Cl5FN3O3/c24-11-5-10(6-12(25)7-11)19-20(23(19,27)28)22(34)30-13-1-3-16(26)15(8-13)21(33)31-18-4-2-14(32-35)9-17(18)29/h1-9,19-20,32,35H,(H,30,34)(H,31,33). The minimum atomic E-state index is -1.38. The van der Waals surface area contributed by atoms with E-state index in [4.69, 9.17) is 63.2 Å². The highest BCUT2D eigenvalue weighted by molar-refractivity contribution is 6.53. The van der Waals surface area contributed by atoms with E-state index in [1.807, 2.05) is 5.48 Å². The Hall–Kier alpha value is -2.26. The molecule has 4 N–H and O–H groups in total. The molecular formula is C23H15Cl5FN3O3. The summed E-state index contributed by atoms with van der Waals surface area (Å²) in [5.74, 6) is -3.32. The van der Waals surface area contributed by atoms with E-state index < -0.39 is 33.8 Å². The number of carbonyl (C=O) groups excluding carboxylic acids is 2. The summed E-state index contributed by atoms with van der Waals surface area (Å²) < 4.78 is 12.8. The lowest BCUT2D eigenvalue weighted by Gasteiger charge is -2.11. The van der Waals surface area contributed by atoms with Gasteiger partial charge in [0.2, 0.25) is 5.91 Å². The lowest BCUT2D eigenvalue weighted by Crippen LogP contribution is -2.18. The Bertz CT molecular complexity index is 1320. The van der Waals surface area contributed by atoms with Gasteiger partial charge in [0.1, 0.15) is 10.2 Å². The van der Waals surface area contributed by atoms with E-state index in [-0.39, 0.29) is 27.6 Å². The van der Waals surface area contributed by atoms with Gasteiger partial charge in [0.25, 0.3) is 5.91 Å². The molecule has 0 aliphatic heterocycles. The Kier molecular flexibility index (Phi) is 7.38. The van der Waals surface area contributed by atoms with E-state index in [9.17, 15) is 14.0 Å². The molecule has 12 heteroatoms. The molecule has 2 amide bonds. The fourth-order valence-electron chi connectivity index (χ4n) is 3.70. The normalized spacial score (nSPS) is 18.0. The summed E-state index contributed by atoms with van der Waals surface area (Å²) in [6.07, 6.45) is 0. The molecule has 0 radical (unpaired) electrons. The molecule has 6 nitrogen and oxygen atoms in total. The molecule has 1 fully saturated rings. The predicted molar refractivity (Wildman–Crippen MR) is 137 cm³/mol. The van der Waals surface area contributed by atoms with Crippen molar-refractivity contribution < 1.29 is 19.2 Å². The number of halogens is 6. The summed E-state index contributed by atoms with van der Waals surface area (Å²) in [6, 6.07) is 12.7. The monoisotopic (exact) mass is 575 g/mol. The average molecular weight is 578 g/mol. The molecule has 0 bridgehead atoms. The molecule has 0 aromatic heterocycles. The maximum absolute atomic E-state index is 14.2. The third kappa shape index (κ3) is 5.45. The largest absolute Gasteiger partial charge is 0.326 e. The Labute approximate surface area is 224 Å². The van der Waals surface area contributed by atoms with E-state index >= 15 is 0 Å². The first-order chi connectivity index (χ1) is 16.5. The van der Waals surface area contributed by atoms with Crippen LogP contribution in [0.5, 0.6) is 0 Å². The fraction of sp³-hybridized carbons (Fsp3) is 0.130. The molecular weight excluding hydrogens is 563 g/mol. The van der Waals surface area contributed by atoms with E-state index in [0.29, 0.717) is 15.6 Å². The van der Waals surface area contributed by atoms with Crippen LogP contribution in [0.4, 0.5) is 21.5 Å². The Morgan fingerprint density at radius 1 is 0.886 bits per heavy atom. The Morgan fingerprint density at radius 3 is 2.17 bits per heavy atom. The second-order valence-corrected chi connectivity index (χ2v) is 10.5. The predicted octanol–water partition coefficient (Wildman–Crippen LogP) is 7.37. The number of hydrogen-bond donors (Lipinski definition) is 4. The summed E-state index contributed by atoms with van der Waals surface area (Å²) in [7, 11) is 0. The second-order valence-electron chi connectivity index (χ2n) is 7.78. The van der Waals surface area contributed by atoms with Crippen molar-refractivity contribution in [1.82, 2.24) is 0 Å². The molecule has 1 saturated carbocycles. The van der Waals surface area contributed by atoms with Crippen LogP contribution in [-0.4, -0.2) is 21.4 Å². The van der Waals surface area contributed by atoms with Crippen LogP contribution in [0.15, 0.2) is 54.6 Å². The minimum absolute atomic E-state index is 0.00907. The van der Waals surface area contributed by atoms with E-state index in [0.717, 1.165) is 6.07 Å². The van der Waals surface area contributed by atoms with Crippen LogP contribution < -0.4 is 16.1 Å². The van der Waals surface area contributed by atoms with Crippen molar-refractivity contribution in [3.63, 3.8) is 0 Å². The number of benzene rings is 3. The van der Waals surface area contributed by atoms with Gasteiger partial charge in [0.05, 0.1) is 27.9 Å². The third-order valence-electron chi connectivity index (χ3n) is 5.40. The molecule has 1 aliphatic rings. The van der Waals surface area contributed by atoms with Crippen molar-refractivity contribution in [1.29, 1.82) is 0 Å². The van der Waals surface area contributed by atoms with Gasteiger partial charge in [-0.2, -0.15) is 0 Å². The van der Waals surface area contributed by atoms with Gasteiger partial charge in [-0.15, -0.1) is 23.2 Å². The van der Waals surface area contributed by atoms with Crippen LogP contribution in [0.3, 0.4) is 0 Å². The van der Waals surface area contributed by atoms with Crippen molar-refractivity contribution in [2.75, 3.05) is 16.1 Å². The highest BCUT2D eigenvalue weighted by Gasteiger charge is 2.67. The number of rotatable bonds is 6. The number of anilines is 3. The highest BCUT2D eigenvalue weighted by Crippen LogP contribution is 2.65. The summed E-state index contributed by atoms with van der Waals surface area (Å²) >= 11 is 31.0. The molecule has 2 atom stereocenters. The topological polar surface area (TPSA) is 90.5 Å². The van der Waals surface area contributed by atoms with Crippen LogP contribution in [0.25, 0.3) is 0 Å². The van der Waals surface area contributed by atoms with Crippen molar-refractivity contribution in [3.05, 3.63) is 86.6 Å². The van der Waals surface area contributed by atoms with Crippen molar-refractivity contribution in [3.8, 4) is 0 Å². The fourth-order valence-corrected chi connectivity index (χ4v) is 5.27. The van der Waals surface area contributed by atoms with E-state index in [1.54, 1.807) is 18.2 Å². The van der Waals surface area contributed by atoms with Gasteiger partial charge in [-0.3, -0.25) is 20.3 Å². The van der Waals surface area contributed by atoms with Gasteiger partial charge in [0.15, 0.2) is 0 Å². The number of amides is 2. The Morgan fingerprint density at radius 2 is 1.54 bits per heavy atom. The maximum atomic E-state index is 14.2. The van der Waals surface area contributed by atoms with Crippen molar-refractivity contribution in [2.24, 2.45) is 5.92 Å². The maximum Gasteiger partial charge on any atom is 0.257 e. The lowest BCUT2D eigenvalue weighted by atomic mass is 10.1. The van der Waals surface area contributed by atoms with Crippen LogP contribution in [0.1, 0.15) is 21.8 Å². The molecule has 0 spiro atoms. The Balaban J connectivity index is 1.51. The van der Waals surface area contributed by atoms with Gasteiger partial charge in [-0.1, -0.05) is 34.8 Å². The summed E-state index contributed by atoms with van der Waals surface area (Å²) in [4.78, 5) is 25.7. The van der Waals surface area contributed by atoms with Crippen LogP contribution >= 0.6 is 58.0 Å². The van der Waals surface area contributed by atoms with Gasteiger partial charge in [-0.05, 0) is 54.1 Å². The van der Waals surface area contributed by atoms with Crippen molar-refractivity contribution >= 4 is 86.9 Å². The first kappa shape index (κ1) is 25.8. The molecule has 0 saturated heterocycles. The zero-order valence-electron chi connectivity index (χ0n) is 17.4. The molecule has 4 rings (SSSR count). The molecule has 1 aliphatic carbocycles. The first-order valence-electron chi connectivity index (χ1n) is 9.96. The smallest absolute Gasteiger partial charge is 0.257 e. The molecule has 182 valence electrons. The summed E-state index contributed by atoms with van der Waals surface area (Å²) in [5, 5.41) is 14.8. The quantitative estimate of drug-likeness (QED) is 0.182. The van der Waals surface area contributed by atoms with Crippen LogP contribution in [-0.2, 0) is 4.79 Å². The number of nitrogens with one attached hydrogen (secondary N) is 3. The van der Waals surface area contributed by atoms with Crippen LogP contribution in [0.2, 0.25) is 15.1 Å². The first-order valence-corrected chi connectivity index (χ1v) is 11.9. The van der Waals surface area contributed by atoms with Crippen LogP contribution in [0, 0.1) is 11.7 Å². The second kappa shape index (κ2) is 10.0. The SMILES string of the molecule is O=C(Nc1ccc(NO)cc1F)c1cc(NC(=O)C2C(c3cc(Cl)cc(Cl)c3)C2(Cl)Cl)ccc1Cl. The molecule has 3 aromatic rings. The molecule has 2 unspecified atom stereocenters. The number of hydrogen-bond acceptors (Lipinski definition) is 4. The summed E-state index contributed by atoms with van der Waals surface area (Å²) in [6.45, 7) is 0. The molecule has 0 heterocycles.